The number of alkyl halides is 3. The molecule has 4 rings (SSSR count). The Morgan fingerprint density at radius 2 is 1.71 bits per heavy atom. The number of nitrogens with zero attached hydrogens (tertiary/aromatic N) is 1. The topological polar surface area (TPSA) is 61.1 Å². The highest BCUT2D eigenvalue weighted by Crippen LogP contribution is 2.27. The molecule has 6 nitrogen and oxygen atoms in total. The molecule has 3 aromatic rings. The van der Waals surface area contributed by atoms with E-state index in [0.29, 0.717) is 28.9 Å². The second-order valence-electron chi connectivity index (χ2n) is 7.01. The average Bonchev–Trinajstić information content (AvgIpc) is 2.74. The highest BCUT2D eigenvalue weighted by molar-refractivity contribution is 5.82. The van der Waals surface area contributed by atoms with Crippen molar-refractivity contribution < 1.29 is 31.8 Å². The molecule has 0 radical (unpaired) electrons. The van der Waals surface area contributed by atoms with Gasteiger partial charge in [-0.25, -0.2) is 0 Å². The lowest BCUT2D eigenvalue weighted by Crippen LogP contribution is -2.38. The van der Waals surface area contributed by atoms with E-state index < -0.39 is 6.36 Å². The van der Waals surface area contributed by atoms with Crippen LogP contribution in [0.4, 0.5) is 13.2 Å². The second kappa shape index (κ2) is 8.99. The number of hydrogen-bond donors (Lipinski definition) is 0. The Bertz CT molecular complexity index is 1090. The zero-order valence-corrected chi connectivity index (χ0v) is 16.5. The minimum atomic E-state index is -4.77. The monoisotopic (exact) mass is 435 g/mol. The molecule has 1 aliphatic rings. The normalized spacial score (nSPS) is 15.2. The molecule has 1 aliphatic heterocycles. The maximum Gasteiger partial charge on any atom is 0.573 e. The third-order valence-corrected chi connectivity index (χ3v) is 4.92. The summed E-state index contributed by atoms with van der Waals surface area (Å²) in [6.45, 7) is 4.48. The Kier molecular flexibility index (Phi) is 6.15. The average molecular weight is 435 g/mol. The highest BCUT2D eigenvalue weighted by Gasteiger charge is 2.31. The van der Waals surface area contributed by atoms with Gasteiger partial charge in [-0.05, 0) is 29.8 Å². The molecule has 1 saturated heterocycles. The smallest absolute Gasteiger partial charge is 0.492 e. The zero-order valence-electron chi connectivity index (χ0n) is 16.5. The fourth-order valence-corrected chi connectivity index (χ4v) is 3.35. The number of fused-ring (bicyclic) bond motifs is 1. The molecule has 1 aromatic heterocycles. The van der Waals surface area contributed by atoms with E-state index in [1.807, 2.05) is 0 Å². The van der Waals surface area contributed by atoms with Gasteiger partial charge in [0.05, 0.1) is 24.2 Å². The minimum Gasteiger partial charge on any atom is -0.492 e. The zero-order chi connectivity index (χ0) is 21.8. The van der Waals surface area contributed by atoms with E-state index in [1.54, 1.807) is 18.2 Å². The van der Waals surface area contributed by atoms with Gasteiger partial charge in [0.1, 0.15) is 30.0 Å². The van der Waals surface area contributed by atoms with E-state index in [0.717, 1.165) is 45.0 Å². The van der Waals surface area contributed by atoms with Crippen LogP contribution in [0.3, 0.4) is 0 Å². The van der Waals surface area contributed by atoms with E-state index in [-0.39, 0.29) is 16.7 Å². The first-order valence-electron chi connectivity index (χ1n) is 9.74. The quantitative estimate of drug-likeness (QED) is 0.582. The number of ether oxygens (including phenoxy) is 3. The van der Waals surface area contributed by atoms with Crippen molar-refractivity contribution in [1.82, 2.24) is 4.90 Å². The standard InChI is InChI=1S/C22H20F3NO5/c23-22(24,25)31-16-3-1-15(2-4-16)19-14-30-20-13-17(5-6-18(20)21(19)27)29-12-9-26-7-10-28-11-8-26/h1-6,13-14H,7-12H2. The van der Waals surface area contributed by atoms with Crippen molar-refractivity contribution >= 4 is 11.0 Å². The van der Waals surface area contributed by atoms with E-state index in [2.05, 4.69) is 9.64 Å². The summed E-state index contributed by atoms with van der Waals surface area (Å²) < 4.78 is 57.5. The van der Waals surface area contributed by atoms with Crippen LogP contribution in [0.1, 0.15) is 0 Å². The Morgan fingerprint density at radius 3 is 2.42 bits per heavy atom. The van der Waals surface area contributed by atoms with Crippen molar-refractivity contribution in [2.45, 2.75) is 6.36 Å². The second-order valence-corrected chi connectivity index (χ2v) is 7.01. The molecule has 9 heteroatoms. The Morgan fingerprint density at radius 1 is 1.00 bits per heavy atom. The summed E-state index contributed by atoms with van der Waals surface area (Å²) in [6, 6.07) is 10.0. The fourth-order valence-electron chi connectivity index (χ4n) is 3.35. The van der Waals surface area contributed by atoms with E-state index in [4.69, 9.17) is 13.9 Å². The number of morpholine rings is 1. The molecule has 1 fully saturated rings. The molecule has 0 saturated carbocycles. The molecule has 2 heterocycles. The van der Waals surface area contributed by atoms with Crippen molar-refractivity contribution in [3.63, 3.8) is 0 Å². The molecular weight excluding hydrogens is 415 g/mol. The van der Waals surface area contributed by atoms with Crippen LogP contribution in [0.2, 0.25) is 0 Å². The van der Waals surface area contributed by atoms with Crippen molar-refractivity contribution in [3.05, 3.63) is 59.0 Å². The molecule has 0 unspecified atom stereocenters. The Hall–Kier alpha value is -3.04. The summed E-state index contributed by atoms with van der Waals surface area (Å²) in [5, 5.41) is 0.355. The van der Waals surface area contributed by atoms with Crippen molar-refractivity contribution in [2.24, 2.45) is 0 Å². The van der Waals surface area contributed by atoms with Crippen LogP contribution in [-0.4, -0.2) is 50.7 Å². The van der Waals surface area contributed by atoms with E-state index in [9.17, 15) is 18.0 Å². The van der Waals surface area contributed by atoms with Gasteiger partial charge in [0.2, 0.25) is 0 Å². The molecule has 0 atom stereocenters. The van der Waals surface area contributed by atoms with Gasteiger partial charge in [-0.15, -0.1) is 13.2 Å². The van der Waals surface area contributed by atoms with Crippen LogP contribution in [0, 0.1) is 0 Å². The van der Waals surface area contributed by atoms with Crippen molar-refractivity contribution in [3.8, 4) is 22.6 Å². The Labute approximate surface area is 175 Å². The van der Waals surface area contributed by atoms with Gasteiger partial charge in [0.15, 0.2) is 5.43 Å². The van der Waals surface area contributed by atoms with Gasteiger partial charge in [-0.2, -0.15) is 0 Å². The van der Waals surface area contributed by atoms with Gasteiger partial charge in [0, 0.05) is 25.7 Å². The number of rotatable bonds is 6. The van der Waals surface area contributed by atoms with Crippen LogP contribution >= 0.6 is 0 Å². The third-order valence-electron chi connectivity index (χ3n) is 4.92. The summed E-state index contributed by atoms with van der Waals surface area (Å²) in [5.41, 5.74) is 0.753. The SMILES string of the molecule is O=c1c(-c2ccc(OC(F)(F)F)cc2)coc2cc(OCCN3CCOCC3)ccc12. The summed E-state index contributed by atoms with van der Waals surface area (Å²) in [7, 11) is 0. The summed E-state index contributed by atoms with van der Waals surface area (Å²) in [5.74, 6) is 0.227. The first kappa shape index (κ1) is 21.2. The van der Waals surface area contributed by atoms with Crippen LogP contribution < -0.4 is 14.9 Å². The minimum absolute atomic E-state index is 0.243. The Balaban J connectivity index is 1.47. The van der Waals surface area contributed by atoms with Crippen LogP contribution in [-0.2, 0) is 4.74 Å². The lowest BCUT2D eigenvalue weighted by Gasteiger charge is -2.26. The number of halogens is 3. The third kappa shape index (κ3) is 5.36. The predicted octanol–water partition coefficient (Wildman–Crippen LogP) is 4.07. The lowest BCUT2D eigenvalue weighted by molar-refractivity contribution is -0.274. The van der Waals surface area contributed by atoms with Crippen LogP contribution in [0.15, 0.2) is 57.9 Å². The first-order chi connectivity index (χ1) is 14.9. The van der Waals surface area contributed by atoms with Crippen LogP contribution in [0.25, 0.3) is 22.1 Å². The molecule has 0 bridgehead atoms. The molecule has 0 spiro atoms. The molecule has 164 valence electrons. The molecule has 2 aromatic carbocycles. The van der Waals surface area contributed by atoms with Gasteiger partial charge in [0.25, 0.3) is 0 Å². The van der Waals surface area contributed by atoms with Gasteiger partial charge in [-0.1, -0.05) is 12.1 Å². The maximum absolute atomic E-state index is 12.8. The van der Waals surface area contributed by atoms with E-state index >= 15 is 0 Å². The number of benzene rings is 2. The van der Waals surface area contributed by atoms with Gasteiger partial charge in [-0.3, -0.25) is 9.69 Å². The van der Waals surface area contributed by atoms with Crippen molar-refractivity contribution in [1.29, 1.82) is 0 Å². The number of hydrogen-bond acceptors (Lipinski definition) is 6. The summed E-state index contributed by atoms with van der Waals surface area (Å²) in [4.78, 5) is 15.1. The van der Waals surface area contributed by atoms with Crippen LogP contribution in [0.5, 0.6) is 11.5 Å². The predicted molar refractivity (Wildman–Crippen MR) is 107 cm³/mol. The highest BCUT2D eigenvalue weighted by atomic mass is 19.4. The van der Waals surface area contributed by atoms with Crippen molar-refractivity contribution in [2.75, 3.05) is 39.5 Å². The molecule has 0 amide bonds. The lowest BCUT2D eigenvalue weighted by atomic mass is 10.1. The molecule has 0 N–H and O–H groups in total. The summed E-state index contributed by atoms with van der Waals surface area (Å²) in [6.07, 6.45) is -3.48. The first-order valence-corrected chi connectivity index (χ1v) is 9.74. The fraction of sp³-hybridized carbons (Fsp3) is 0.318. The summed E-state index contributed by atoms with van der Waals surface area (Å²) >= 11 is 0. The molecule has 0 aliphatic carbocycles. The van der Waals surface area contributed by atoms with Gasteiger partial charge < -0.3 is 18.6 Å². The maximum atomic E-state index is 12.8. The molecular formula is C22H20F3NO5. The van der Waals surface area contributed by atoms with Gasteiger partial charge >= 0.3 is 6.36 Å². The largest absolute Gasteiger partial charge is 0.573 e. The van der Waals surface area contributed by atoms with E-state index in [1.165, 1.54) is 18.4 Å². The molecule has 31 heavy (non-hydrogen) atoms.